The van der Waals surface area contributed by atoms with Crippen LogP contribution < -0.4 is 4.74 Å². The van der Waals surface area contributed by atoms with Crippen molar-refractivity contribution in [1.29, 1.82) is 5.26 Å². The van der Waals surface area contributed by atoms with E-state index in [-0.39, 0.29) is 22.8 Å². The van der Waals surface area contributed by atoms with E-state index in [1.54, 1.807) is 18.2 Å². The fraction of sp³-hybridized carbons (Fsp3) is 0.235. The summed E-state index contributed by atoms with van der Waals surface area (Å²) in [4.78, 5) is 0.00725. The summed E-state index contributed by atoms with van der Waals surface area (Å²) in [6, 6.07) is 12.6. The summed E-state index contributed by atoms with van der Waals surface area (Å²) in [5.41, 5.74) is 1.17. The highest BCUT2D eigenvalue weighted by molar-refractivity contribution is 7.86. The summed E-state index contributed by atoms with van der Waals surface area (Å²) in [7, 11) is -3.96. The molecule has 0 spiro atoms. The second-order valence-electron chi connectivity index (χ2n) is 5.27. The summed E-state index contributed by atoms with van der Waals surface area (Å²) in [6.07, 6.45) is -1.20. The average molecular weight is 382 g/mol. The van der Waals surface area contributed by atoms with Crippen molar-refractivity contribution in [2.45, 2.75) is 17.9 Å². The largest absolute Gasteiger partial charge is 0.489 e. The van der Waals surface area contributed by atoms with Gasteiger partial charge in [0.05, 0.1) is 17.1 Å². The van der Waals surface area contributed by atoms with Gasteiger partial charge in [-0.15, -0.1) is 0 Å². The first-order valence-electron chi connectivity index (χ1n) is 7.28. The van der Waals surface area contributed by atoms with Gasteiger partial charge in [0, 0.05) is 11.1 Å². The number of hydrogen-bond donors (Lipinski definition) is 1. The van der Waals surface area contributed by atoms with Crippen LogP contribution in [0.4, 0.5) is 0 Å². The number of nitriles is 1. The highest BCUT2D eigenvalue weighted by Gasteiger charge is 2.18. The fourth-order valence-electron chi connectivity index (χ4n) is 1.88. The Hall–Kier alpha value is -2.11. The van der Waals surface area contributed by atoms with Gasteiger partial charge in [0.25, 0.3) is 10.1 Å². The lowest BCUT2D eigenvalue weighted by atomic mass is 10.2. The summed E-state index contributed by atoms with van der Waals surface area (Å²) >= 11 is 5.83. The molecule has 0 heterocycles. The Kier molecular flexibility index (Phi) is 6.39. The van der Waals surface area contributed by atoms with E-state index in [9.17, 15) is 13.5 Å². The van der Waals surface area contributed by atoms with Gasteiger partial charge in [-0.05, 0) is 31.2 Å². The normalized spacial score (nSPS) is 12.4. The number of ether oxygens (including phenoxy) is 1. The molecule has 0 amide bonds. The molecule has 0 radical (unpaired) electrons. The Morgan fingerprint density at radius 2 is 1.88 bits per heavy atom. The van der Waals surface area contributed by atoms with Crippen molar-refractivity contribution in [3.63, 3.8) is 0 Å². The van der Waals surface area contributed by atoms with Crippen LogP contribution in [0.5, 0.6) is 5.75 Å². The molecule has 0 saturated carbocycles. The molecule has 132 valence electrons. The van der Waals surface area contributed by atoms with E-state index in [2.05, 4.69) is 0 Å². The van der Waals surface area contributed by atoms with Crippen molar-refractivity contribution in [3.8, 4) is 11.8 Å². The second kappa shape index (κ2) is 8.32. The van der Waals surface area contributed by atoms with E-state index in [4.69, 9.17) is 25.8 Å². The summed E-state index contributed by atoms with van der Waals surface area (Å²) in [5, 5.41) is 19.2. The highest BCUT2D eigenvalue weighted by Crippen LogP contribution is 2.23. The maximum Gasteiger partial charge on any atom is 0.297 e. The molecule has 0 aliphatic rings. The van der Waals surface area contributed by atoms with Crippen LogP contribution in [0.25, 0.3) is 0 Å². The molecule has 1 N–H and O–H groups in total. The molecular formula is C17H16ClNO5S. The van der Waals surface area contributed by atoms with Crippen molar-refractivity contribution >= 4 is 21.7 Å². The Bertz CT molecular complexity index is 875. The number of nitrogens with zero attached hydrogens (tertiary/aromatic N) is 1. The molecule has 0 fully saturated rings. The SMILES string of the molecule is Cc1ccc(S(=O)(=O)OC[C@@H](O)COc2cc(Cl)ccc2C#N)cc1. The molecule has 6 nitrogen and oxygen atoms in total. The molecule has 25 heavy (non-hydrogen) atoms. The van der Waals surface area contributed by atoms with Crippen LogP contribution in [0.15, 0.2) is 47.4 Å². The Morgan fingerprint density at radius 1 is 1.20 bits per heavy atom. The van der Waals surface area contributed by atoms with Crippen LogP contribution in [0.3, 0.4) is 0 Å². The van der Waals surface area contributed by atoms with Crippen LogP contribution in [0, 0.1) is 18.3 Å². The first-order chi connectivity index (χ1) is 11.8. The van der Waals surface area contributed by atoms with Crippen LogP contribution in [0.2, 0.25) is 5.02 Å². The van der Waals surface area contributed by atoms with Crippen molar-refractivity contribution in [1.82, 2.24) is 0 Å². The van der Waals surface area contributed by atoms with Gasteiger partial charge in [-0.2, -0.15) is 13.7 Å². The second-order valence-corrected chi connectivity index (χ2v) is 7.32. The molecule has 0 aliphatic heterocycles. The lowest BCUT2D eigenvalue weighted by molar-refractivity contribution is 0.0647. The van der Waals surface area contributed by atoms with Gasteiger partial charge in [-0.1, -0.05) is 29.3 Å². The average Bonchev–Trinajstić information content (AvgIpc) is 2.59. The summed E-state index contributed by atoms with van der Waals surface area (Å²) in [6.45, 7) is 1.11. The standard InChI is InChI=1S/C17H16ClNO5S/c1-12-2-6-16(7-3-12)25(21,22)24-11-15(20)10-23-17-8-14(18)5-4-13(17)9-19/h2-8,15,20H,10-11H2,1H3/t15-/m0/s1. The Morgan fingerprint density at radius 3 is 2.52 bits per heavy atom. The minimum absolute atomic E-state index is 0.00725. The first kappa shape index (κ1) is 19.2. The van der Waals surface area contributed by atoms with E-state index < -0.39 is 22.8 Å². The van der Waals surface area contributed by atoms with Gasteiger partial charge in [0.1, 0.15) is 24.5 Å². The van der Waals surface area contributed by atoms with E-state index in [0.717, 1.165) is 5.56 Å². The Balaban J connectivity index is 1.93. The quantitative estimate of drug-likeness (QED) is 0.740. The molecule has 0 bridgehead atoms. The third-order valence-electron chi connectivity index (χ3n) is 3.22. The molecule has 0 unspecified atom stereocenters. The zero-order valence-electron chi connectivity index (χ0n) is 13.3. The number of hydrogen-bond acceptors (Lipinski definition) is 6. The zero-order valence-corrected chi connectivity index (χ0v) is 14.9. The molecule has 1 atom stereocenters. The molecule has 0 aliphatic carbocycles. The van der Waals surface area contributed by atoms with Gasteiger partial charge in [0.15, 0.2) is 0 Å². The lowest BCUT2D eigenvalue weighted by Gasteiger charge is -2.14. The third-order valence-corrected chi connectivity index (χ3v) is 4.75. The zero-order chi connectivity index (χ0) is 18.4. The molecule has 2 aromatic carbocycles. The maximum atomic E-state index is 12.0. The van der Waals surface area contributed by atoms with Gasteiger partial charge in [-0.25, -0.2) is 0 Å². The fourth-order valence-corrected chi connectivity index (χ4v) is 2.99. The van der Waals surface area contributed by atoms with Crippen molar-refractivity contribution in [2.75, 3.05) is 13.2 Å². The van der Waals surface area contributed by atoms with Crippen LogP contribution in [0.1, 0.15) is 11.1 Å². The van der Waals surface area contributed by atoms with Gasteiger partial charge in [-0.3, -0.25) is 4.18 Å². The molecular weight excluding hydrogens is 366 g/mol. The molecule has 0 aromatic heterocycles. The number of halogens is 1. The van der Waals surface area contributed by atoms with Gasteiger partial charge in [0.2, 0.25) is 0 Å². The summed E-state index contributed by atoms with van der Waals surface area (Å²) < 4.78 is 34.2. The van der Waals surface area contributed by atoms with Crippen molar-refractivity contribution < 1.29 is 22.4 Å². The number of aryl methyl sites for hydroxylation is 1. The Labute approximate surface area is 151 Å². The molecule has 8 heteroatoms. The smallest absolute Gasteiger partial charge is 0.297 e. The number of benzene rings is 2. The van der Waals surface area contributed by atoms with Crippen LogP contribution in [-0.4, -0.2) is 32.8 Å². The monoisotopic (exact) mass is 381 g/mol. The predicted octanol–water partition coefficient (Wildman–Crippen LogP) is 2.67. The van der Waals surface area contributed by atoms with Gasteiger partial charge < -0.3 is 9.84 Å². The number of aliphatic hydroxyl groups excluding tert-OH is 1. The van der Waals surface area contributed by atoms with Crippen LogP contribution in [-0.2, 0) is 14.3 Å². The molecule has 2 rings (SSSR count). The highest BCUT2D eigenvalue weighted by atomic mass is 35.5. The maximum absolute atomic E-state index is 12.0. The lowest BCUT2D eigenvalue weighted by Crippen LogP contribution is -2.25. The van der Waals surface area contributed by atoms with E-state index in [0.29, 0.717) is 5.02 Å². The molecule has 0 saturated heterocycles. The predicted molar refractivity (Wildman–Crippen MR) is 92.0 cm³/mol. The van der Waals surface area contributed by atoms with Crippen molar-refractivity contribution in [3.05, 3.63) is 58.6 Å². The van der Waals surface area contributed by atoms with Crippen molar-refractivity contribution in [2.24, 2.45) is 0 Å². The first-order valence-corrected chi connectivity index (χ1v) is 9.07. The third kappa shape index (κ3) is 5.44. The molecule has 2 aromatic rings. The van der Waals surface area contributed by atoms with Gasteiger partial charge >= 0.3 is 0 Å². The number of rotatable bonds is 7. The topological polar surface area (TPSA) is 96.6 Å². The summed E-state index contributed by atoms with van der Waals surface area (Å²) in [5.74, 6) is 0.204. The number of aliphatic hydroxyl groups is 1. The minimum atomic E-state index is -3.96. The van der Waals surface area contributed by atoms with E-state index in [1.807, 2.05) is 13.0 Å². The van der Waals surface area contributed by atoms with E-state index in [1.165, 1.54) is 24.3 Å². The minimum Gasteiger partial charge on any atom is -0.489 e. The van der Waals surface area contributed by atoms with Crippen LogP contribution >= 0.6 is 11.6 Å². The van der Waals surface area contributed by atoms with E-state index >= 15 is 0 Å².